The van der Waals surface area contributed by atoms with E-state index < -0.39 is 17.7 Å². The molecule has 0 fully saturated rings. The Bertz CT molecular complexity index is 989. The second-order valence-corrected chi connectivity index (χ2v) is 7.06. The van der Waals surface area contributed by atoms with Crippen LogP contribution in [-0.4, -0.2) is 19.5 Å². The number of aryl methyl sites for hydroxylation is 1. The second-order valence-electron chi connectivity index (χ2n) is 5.56. The summed E-state index contributed by atoms with van der Waals surface area (Å²) >= 11 is 7.77. The van der Waals surface area contributed by atoms with E-state index in [0.717, 1.165) is 14.3 Å². The Balaban J connectivity index is 1.82. The van der Waals surface area contributed by atoms with Crippen molar-refractivity contribution in [3.05, 3.63) is 56.5 Å². The van der Waals surface area contributed by atoms with Crippen LogP contribution in [-0.2, 0) is 19.8 Å². The zero-order chi connectivity index (χ0) is 19.8. The molecule has 3 aromatic rings. The van der Waals surface area contributed by atoms with Crippen molar-refractivity contribution in [3.63, 3.8) is 0 Å². The highest BCUT2D eigenvalue weighted by Crippen LogP contribution is 2.31. The van der Waals surface area contributed by atoms with Crippen LogP contribution < -0.4 is 5.32 Å². The lowest BCUT2D eigenvalue weighted by Gasteiger charge is -2.09. The van der Waals surface area contributed by atoms with Crippen molar-refractivity contribution in [2.45, 2.75) is 12.7 Å². The second kappa shape index (κ2) is 7.58. The Morgan fingerprint density at radius 1 is 1.26 bits per heavy atom. The Morgan fingerprint density at radius 3 is 2.63 bits per heavy atom. The summed E-state index contributed by atoms with van der Waals surface area (Å²) in [6.07, 6.45) is -2.22. The van der Waals surface area contributed by atoms with E-state index >= 15 is 0 Å². The molecule has 0 saturated carbocycles. The Labute approximate surface area is 169 Å². The quantitative estimate of drug-likeness (QED) is 0.307. The number of halogens is 6. The molecule has 0 saturated heterocycles. The maximum atomic E-state index is 14.5. The van der Waals surface area contributed by atoms with Crippen LogP contribution in [0.25, 0.3) is 11.4 Å². The van der Waals surface area contributed by atoms with Gasteiger partial charge in [0.25, 0.3) is 0 Å². The molecule has 2 heterocycles. The fourth-order valence-corrected chi connectivity index (χ4v) is 2.94. The third-order valence-electron chi connectivity index (χ3n) is 3.62. The van der Waals surface area contributed by atoms with Crippen LogP contribution in [0.3, 0.4) is 0 Å². The summed E-state index contributed by atoms with van der Waals surface area (Å²) in [5.74, 6) is -0.275. The van der Waals surface area contributed by atoms with E-state index in [4.69, 9.17) is 11.6 Å². The van der Waals surface area contributed by atoms with Crippen molar-refractivity contribution in [2.24, 2.45) is 7.05 Å². The summed E-state index contributed by atoms with van der Waals surface area (Å²) < 4.78 is 54.7. The molecule has 1 aromatic carbocycles. The molecule has 3 rings (SSSR count). The molecule has 0 amide bonds. The smallest absolute Gasteiger partial charge is 0.365 e. The summed E-state index contributed by atoms with van der Waals surface area (Å²) in [5.41, 5.74) is -0.510. The molecule has 0 atom stereocenters. The average Bonchev–Trinajstić information content (AvgIpc) is 2.98. The van der Waals surface area contributed by atoms with Crippen LogP contribution in [0.2, 0.25) is 5.28 Å². The lowest BCUT2D eigenvalue weighted by molar-refractivity contribution is -0.140. The van der Waals surface area contributed by atoms with E-state index in [1.807, 2.05) is 22.6 Å². The van der Waals surface area contributed by atoms with Gasteiger partial charge in [0.05, 0.1) is 9.13 Å². The van der Waals surface area contributed by atoms with Crippen molar-refractivity contribution in [3.8, 4) is 11.4 Å². The lowest BCUT2D eigenvalue weighted by atomic mass is 10.1. The summed E-state index contributed by atoms with van der Waals surface area (Å²) in [4.78, 5) is 11.4. The molecule has 0 spiro atoms. The Hall–Kier alpha value is -1.95. The number of aromatic nitrogens is 4. The summed E-state index contributed by atoms with van der Waals surface area (Å²) in [6, 6.07) is 4.23. The molecule has 11 heteroatoms. The molecule has 5 nitrogen and oxygen atoms in total. The largest absolute Gasteiger partial charge is 0.434 e. The third kappa shape index (κ3) is 4.49. The predicted octanol–water partition coefficient (Wildman–Crippen LogP) is 4.91. The minimum Gasteiger partial charge on any atom is -0.365 e. The monoisotopic (exact) mass is 511 g/mol. The molecule has 0 aliphatic carbocycles. The zero-order valence-electron chi connectivity index (χ0n) is 13.7. The summed E-state index contributed by atoms with van der Waals surface area (Å²) in [7, 11) is 1.38. The van der Waals surface area contributed by atoms with Crippen LogP contribution >= 0.6 is 34.2 Å². The standard InChI is InChI=1S/C16H11ClF4IN5/c1-27-7-12(16(19,20)21)25-14(27)9-3-2-8(4-10(9)18)5-23-13-11(22)6-24-15(17)26-13/h2-4,6-7H,5H2,1H3,(H,23,24,26). The fourth-order valence-electron chi connectivity index (χ4n) is 2.36. The molecule has 0 unspecified atom stereocenters. The number of alkyl halides is 3. The Morgan fingerprint density at radius 2 is 2.00 bits per heavy atom. The van der Waals surface area contributed by atoms with Crippen LogP contribution in [0.4, 0.5) is 23.4 Å². The van der Waals surface area contributed by atoms with Gasteiger partial charge in [0.15, 0.2) is 5.69 Å². The lowest BCUT2D eigenvalue weighted by Crippen LogP contribution is -2.05. The highest BCUT2D eigenvalue weighted by Gasteiger charge is 2.34. The molecule has 2 aromatic heterocycles. The van der Waals surface area contributed by atoms with Crippen LogP contribution in [0, 0.1) is 9.39 Å². The van der Waals surface area contributed by atoms with Gasteiger partial charge in [0, 0.05) is 26.0 Å². The van der Waals surface area contributed by atoms with Gasteiger partial charge in [-0.05, 0) is 51.9 Å². The normalized spacial score (nSPS) is 11.7. The molecule has 27 heavy (non-hydrogen) atoms. The maximum Gasteiger partial charge on any atom is 0.434 e. The van der Waals surface area contributed by atoms with Gasteiger partial charge in [-0.1, -0.05) is 6.07 Å². The SMILES string of the molecule is Cn1cc(C(F)(F)F)nc1-c1ccc(CNc2nc(Cl)ncc2I)cc1F. The van der Waals surface area contributed by atoms with Crippen molar-refractivity contribution in [1.29, 1.82) is 0 Å². The number of hydrogen-bond acceptors (Lipinski definition) is 4. The van der Waals surface area contributed by atoms with E-state index in [2.05, 4.69) is 20.3 Å². The van der Waals surface area contributed by atoms with Gasteiger partial charge < -0.3 is 9.88 Å². The molecule has 0 aliphatic rings. The maximum absolute atomic E-state index is 14.5. The minimum atomic E-state index is -4.59. The van der Waals surface area contributed by atoms with Crippen molar-refractivity contribution >= 4 is 40.0 Å². The molecule has 1 N–H and O–H groups in total. The number of benzene rings is 1. The Kier molecular flexibility index (Phi) is 5.56. The molecule has 142 valence electrons. The third-order valence-corrected chi connectivity index (χ3v) is 4.59. The minimum absolute atomic E-state index is 0.0172. The van der Waals surface area contributed by atoms with Crippen molar-refractivity contribution < 1.29 is 17.6 Å². The fraction of sp³-hybridized carbons (Fsp3) is 0.188. The highest BCUT2D eigenvalue weighted by atomic mass is 127. The van der Waals surface area contributed by atoms with Crippen LogP contribution in [0.1, 0.15) is 11.3 Å². The number of hydrogen-bond donors (Lipinski definition) is 1. The van der Waals surface area contributed by atoms with Gasteiger partial charge in [-0.3, -0.25) is 0 Å². The van der Waals surface area contributed by atoms with E-state index in [0.29, 0.717) is 11.4 Å². The van der Waals surface area contributed by atoms with Gasteiger partial charge in [0.1, 0.15) is 17.5 Å². The molecule has 0 bridgehead atoms. The molecule has 0 radical (unpaired) electrons. The average molecular weight is 512 g/mol. The number of nitrogens with zero attached hydrogens (tertiary/aromatic N) is 4. The first kappa shape index (κ1) is 19.8. The van der Waals surface area contributed by atoms with Gasteiger partial charge in [-0.2, -0.15) is 18.2 Å². The number of rotatable bonds is 4. The van der Waals surface area contributed by atoms with Crippen molar-refractivity contribution in [2.75, 3.05) is 5.32 Å². The van der Waals surface area contributed by atoms with E-state index in [1.165, 1.54) is 19.2 Å². The predicted molar refractivity (Wildman–Crippen MR) is 101 cm³/mol. The van der Waals surface area contributed by atoms with Crippen molar-refractivity contribution in [1.82, 2.24) is 19.5 Å². The summed E-state index contributed by atoms with van der Waals surface area (Å²) in [6.45, 7) is 0.245. The van der Waals surface area contributed by atoms with Gasteiger partial charge >= 0.3 is 6.18 Å². The first-order valence-electron chi connectivity index (χ1n) is 7.46. The van der Waals surface area contributed by atoms with E-state index in [-0.39, 0.29) is 23.2 Å². The van der Waals surface area contributed by atoms with Gasteiger partial charge in [-0.25, -0.2) is 14.4 Å². The molecule has 0 aliphatic heterocycles. The zero-order valence-corrected chi connectivity index (χ0v) is 16.6. The number of anilines is 1. The van der Waals surface area contributed by atoms with Crippen LogP contribution in [0.15, 0.2) is 30.6 Å². The first-order valence-corrected chi connectivity index (χ1v) is 8.92. The highest BCUT2D eigenvalue weighted by molar-refractivity contribution is 14.1. The van der Waals surface area contributed by atoms with Gasteiger partial charge in [-0.15, -0.1) is 0 Å². The van der Waals surface area contributed by atoms with Crippen LogP contribution in [0.5, 0.6) is 0 Å². The topological polar surface area (TPSA) is 55.6 Å². The molecular weight excluding hydrogens is 501 g/mol. The van der Waals surface area contributed by atoms with E-state index in [9.17, 15) is 17.6 Å². The molecular formula is C16H11ClF4IN5. The first-order chi connectivity index (χ1) is 12.6. The van der Waals surface area contributed by atoms with E-state index in [1.54, 1.807) is 12.3 Å². The number of nitrogens with one attached hydrogen (secondary N) is 1. The summed E-state index contributed by atoms with van der Waals surface area (Å²) in [5, 5.41) is 3.09. The van der Waals surface area contributed by atoms with Gasteiger partial charge in [0.2, 0.25) is 5.28 Å². The number of imidazole rings is 1.